The van der Waals surface area contributed by atoms with Gasteiger partial charge in [-0.15, -0.1) is 0 Å². The first-order valence-electron chi connectivity index (χ1n) is 9.80. The van der Waals surface area contributed by atoms with Gasteiger partial charge in [0.15, 0.2) is 0 Å². The second-order valence-corrected chi connectivity index (χ2v) is 7.82. The van der Waals surface area contributed by atoms with E-state index in [-0.39, 0.29) is 6.54 Å². The summed E-state index contributed by atoms with van der Waals surface area (Å²) in [4.78, 5) is 24.8. The summed E-state index contributed by atoms with van der Waals surface area (Å²) < 4.78 is 5.26. The van der Waals surface area contributed by atoms with Crippen LogP contribution < -0.4 is 15.4 Å². The third-order valence-electron chi connectivity index (χ3n) is 5.51. The topological polar surface area (TPSA) is 87.7 Å². The van der Waals surface area contributed by atoms with E-state index < -0.39 is 17.4 Å². The number of anilines is 1. The number of hydrogen-bond acceptors (Lipinski definition) is 4. The second kappa shape index (κ2) is 8.25. The number of carbonyl (C=O) groups is 2. The summed E-state index contributed by atoms with van der Waals surface area (Å²) in [7, 11) is 1.60. The molecule has 0 fully saturated rings. The SMILES string of the molecule is COc1ccc2c(c1)CCCC2(O)CNC(=O)C(=O)Nc1c(C)cc(C)cc1C. The molecular weight excluding hydrogens is 368 g/mol. The molecule has 1 aliphatic rings. The molecule has 6 heteroatoms. The Kier molecular flexibility index (Phi) is 5.94. The highest BCUT2D eigenvalue weighted by Gasteiger charge is 2.35. The van der Waals surface area contributed by atoms with Crippen LogP contribution >= 0.6 is 0 Å². The molecule has 1 atom stereocenters. The van der Waals surface area contributed by atoms with E-state index in [9.17, 15) is 14.7 Å². The van der Waals surface area contributed by atoms with Crippen molar-refractivity contribution in [2.24, 2.45) is 0 Å². The summed E-state index contributed by atoms with van der Waals surface area (Å²) in [6, 6.07) is 9.45. The third kappa shape index (κ3) is 4.43. The normalized spacial score (nSPS) is 18.0. The first-order chi connectivity index (χ1) is 13.7. The van der Waals surface area contributed by atoms with Gasteiger partial charge in [-0.3, -0.25) is 9.59 Å². The highest BCUT2D eigenvalue weighted by atomic mass is 16.5. The minimum absolute atomic E-state index is 0.0234. The molecule has 0 radical (unpaired) electrons. The average molecular weight is 396 g/mol. The fourth-order valence-electron chi connectivity index (χ4n) is 4.10. The molecule has 0 aromatic heterocycles. The molecule has 0 saturated heterocycles. The van der Waals surface area contributed by atoms with Crippen LogP contribution in [0, 0.1) is 20.8 Å². The summed E-state index contributed by atoms with van der Waals surface area (Å²) in [5.41, 5.74) is 4.11. The van der Waals surface area contributed by atoms with Crippen molar-refractivity contribution in [3.63, 3.8) is 0 Å². The first kappa shape index (κ1) is 20.9. The lowest BCUT2D eigenvalue weighted by atomic mass is 9.79. The van der Waals surface area contributed by atoms with Crippen LogP contribution in [0.1, 0.15) is 40.7 Å². The van der Waals surface area contributed by atoms with Gasteiger partial charge in [0.1, 0.15) is 11.4 Å². The number of aliphatic hydroxyl groups is 1. The van der Waals surface area contributed by atoms with Crippen LogP contribution in [-0.4, -0.2) is 30.6 Å². The van der Waals surface area contributed by atoms with E-state index in [1.54, 1.807) is 13.2 Å². The van der Waals surface area contributed by atoms with E-state index in [1.807, 2.05) is 45.0 Å². The van der Waals surface area contributed by atoms with Crippen LogP contribution in [0.15, 0.2) is 30.3 Å². The zero-order valence-corrected chi connectivity index (χ0v) is 17.4. The summed E-state index contributed by atoms with van der Waals surface area (Å²) >= 11 is 0. The number of rotatable bonds is 4. The average Bonchev–Trinajstić information content (AvgIpc) is 2.68. The molecule has 0 heterocycles. The molecule has 1 aliphatic carbocycles. The molecule has 6 nitrogen and oxygen atoms in total. The van der Waals surface area contributed by atoms with Crippen LogP contribution in [0.3, 0.4) is 0 Å². The van der Waals surface area contributed by atoms with Crippen molar-refractivity contribution in [3.05, 3.63) is 58.1 Å². The van der Waals surface area contributed by atoms with Crippen molar-refractivity contribution in [3.8, 4) is 5.75 Å². The van der Waals surface area contributed by atoms with Crippen LogP contribution in [-0.2, 0) is 21.6 Å². The van der Waals surface area contributed by atoms with Gasteiger partial charge in [0.05, 0.1) is 13.7 Å². The lowest BCUT2D eigenvalue weighted by Gasteiger charge is -2.34. The molecule has 2 aromatic rings. The largest absolute Gasteiger partial charge is 0.497 e. The molecule has 0 saturated carbocycles. The first-order valence-corrected chi connectivity index (χ1v) is 9.80. The van der Waals surface area contributed by atoms with Gasteiger partial charge in [-0.2, -0.15) is 0 Å². The van der Waals surface area contributed by atoms with Gasteiger partial charge >= 0.3 is 11.8 Å². The van der Waals surface area contributed by atoms with Crippen molar-refractivity contribution < 1.29 is 19.4 Å². The molecule has 0 aliphatic heterocycles. The van der Waals surface area contributed by atoms with Gasteiger partial charge in [-0.05, 0) is 74.4 Å². The van der Waals surface area contributed by atoms with E-state index in [0.29, 0.717) is 12.1 Å². The molecule has 2 amide bonds. The second-order valence-electron chi connectivity index (χ2n) is 7.82. The van der Waals surface area contributed by atoms with Gasteiger partial charge in [0, 0.05) is 5.69 Å². The number of amides is 2. The van der Waals surface area contributed by atoms with Crippen molar-refractivity contribution in [1.82, 2.24) is 5.32 Å². The van der Waals surface area contributed by atoms with Crippen molar-refractivity contribution in [2.45, 2.75) is 45.6 Å². The van der Waals surface area contributed by atoms with E-state index in [2.05, 4.69) is 10.6 Å². The fraction of sp³-hybridized carbons (Fsp3) is 0.391. The zero-order chi connectivity index (χ0) is 21.2. The standard InChI is InChI=1S/C23H28N2O4/c1-14-10-15(2)20(16(3)11-14)25-22(27)21(26)24-13-23(28)9-5-6-17-12-18(29-4)7-8-19(17)23/h7-8,10-12,28H,5-6,9,13H2,1-4H3,(H,24,26)(H,25,27). The summed E-state index contributed by atoms with van der Waals surface area (Å²) in [5.74, 6) is -0.770. The molecule has 0 spiro atoms. The lowest BCUT2D eigenvalue weighted by molar-refractivity contribution is -0.137. The highest BCUT2D eigenvalue weighted by molar-refractivity contribution is 6.39. The maximum atomic E-state index is 12.4. The smallest absolute Gasteiger partial charge is 0.313 e. The fourth-order valence-corrected chi connectivity index (χ4v) is 4.10. The van der Waals surface area contributed by atoms with Crippen molar-refractivity contribution >= 4 is 17.5 Å². The number of ether oxygens (including phenoxy) is 1. The monoisotopic (exact) mass is 396 g/mol. The number of fused-ring (bicyclic) bond motifs is 1. The van der Waals surface area contributed by atoms with Crippen molar-refractivity contribution in [2.75, 3.05) is 19.0 Å². The van der Waals surface area contributed by atoms with Gasteiger partial charge in [0.2, 0.25) is 0 Å². The van der Waals surface area contributed by atoms with Crippen LogP contribution in [0.5, 0.6) is 5.75 Å². The molecule has 0 bridgehead atoms. The molecule has 154 valence electrons. The van der Waals surface area contributed by atoms with Gasteiger partial charge in [-0.1, -0.05) is 23.8 Å². The molecule has 1 unspecified atom stereocenters. The summed E-state index contributed by atoms with van der Waals surface area (Å²) in [6.45, 7) is 5.74. The van der Waals surface area contributed by atoms with E-state index in [4.69, 9.17) is 4.74 Å². The van der Waals surface area contributed by atoms with Crippen LogP contribution in [0.25, 0.3) is 0 Å². The molecular formula is C23H28N2O4. The number of methoxy groups -OCH3 is 1. The molecule has 2 aromatic carbocycles. The summed E-state index contributed by atoms with van der Waals surface area (Å²) in [6.07, 6.45) is 2.15. The van der Waals surface area contributed by atoms with Gasteiger partial charge in [0.25, 0.3) is 0 Å². The Hall–Kier alpha value is -2.86. The molecule has 29 heavy (non-hydrogen) atoms. The number of nitrogens with one attached hydrogen (secondary N) is 2. The predicted octanol–water partition coefficient (Wildman–Crippen LogP) is 2.90. The predicted molar refractivity (Wildman–Crippen MR) is 112 cm³/mol. The van der Waals surface area contributed by atoms with Gasteiger partial charge < -0.3 is 20.5 Å². The maximum Gasteiger partial charge on any atom is 0.313 e. The maximum absolute atomic E-state index is 12.4. The number of hydrogen-bond donors (Lipinski definition) is 3. The third-order valence-corrected chi connectivity index (χ3v) is 5.51. The number of carbonyl (C=O) groups excluding carboxylic acids is 2. The van der Waals surface area contributed by atoms with Crippen molar-refractivity contribution in [1.29, 1.82) is 0 Å². The molecule has 3 N–H and O–H groups in total. The summed E-state index contributed by atoms with van der Waals surface area (Å²) in [5, 5.41) is 16.4. The van der Waals surface area contributed by atoms with Gasteiger partial charge in [-0.25, -0.2) is 0 Å². The van der Waals surface area contributed by atoms with Crippen LogP contribution in [0.4, 0.5) is 5.69 Å². The Balaban J connectivity index is 1.69. The Labute approximate surface area is 171 Å². The lowest BCUT2D eigenvalue weighted by Crippen LogP contribution is -2.46. The number of aryl methyl sites for hydroxylation is 4. The highest BCUT2D eigenvalue weighted by Crippen LogP contribution is 2.36. The Morgan fingerprint density at radius 3 is 2.45 bits per heavy atom. The Morgan fingerprint density at radius 2 is 1.79 bits per heavy atom. The quantitative estimate of drug-likeness (QED) is 0.694. The number of benzene rings is 2. The van der Waals surface area contributed by atoms with E-state index in [0.717, 1.165) is 46.4 Å². The van der Waals surface area contributed by atoms with E-state index >= 15 is 0 Å². The minimum atomic E-state index is -1.20. The van der Waals surface area contributed by atoms with Crippen LogP contribution in [0.2, 0.25) is 0 Å². The molecule has 3 rings (SSSR count). The minimum Gasteiger partial charge on any atom is -0.497 e. The van der Waals surface area contributed by atoms with E-state index in [1.165, 1.54) is 0 Å². The Bertz CT molecular complexity index is 931. The Morgan fingerprint density at radius 1 is 1.10 bits per heavy atom. The zero-order valence-electron chi connectivity index (χ0n) is 17.4.